The number of methoxy groups -OCH3 is 2. The van der Waals surface area contributed by atoms with Crippen LogP contribution in [-0.2, 0) is 25.5 Å². The minimum absolute atomic E-state index is 0.184. The van der Waals surface area contributed by atoms with Gasteiger partial charge in [0.05, 0.1) is 14.2 Å². The van der Waals surface area contributed by atoms with Gasteiger partial charge in [-0.25, -0.2) is 0 Å². The predicted molar refractivity (Wildman–Crippen MR) is 91.1 cm³/mol. The van der Waals surface area contributed by atoms with E-state index in [1.165, 1.54) is 14.2 Å². The average molecular weight is 350 g/mol. The summed E-state index contributed by atoms with van der Waals surface area (Å²) in [6.07, 6.45) is 1.30. The highest BCUT2D eigenvalue weighted by Crippen LogP contribution is 2.44. The third-order valence-electron chi connectivity index (χ3n) is 5.01. The zero-order valence-corrected chi connectivity index (χ0v) is 14.7. The number of H-pyrrole nitrogens is 1. The molecule has 24 heavy (non-hydrogen) atoms. The summed E-state index contributed by atoms with van der Waals surface area (Å²) in [7, 11) is 2.60. The molecule has 1 aromatic heterocycles. The van der Waals surface area contributed by atoms with Crippen molar-refractivity contribution in [3.8, 4) is 0 Å². The van der Waals surface area contributed by atoms with Crippen LogP contribution in [0.25, 0.3) is 10.9 Å². The van der Waals surface area contributed by atoms with Crippen molar-refractivity contribution in [2.75, 3.05) is 14.2 Å². The molecule has 0 radical (unpaired) electrons. The molecule has 1 heterocycles. The van der Waals surface area contributed by atoms with E-state index in [2.05, 4.69) is 11.9 Å². The number of benzene rings is 1. The molecular weight excluding hydrogens is 330 g/mol. The van der Waals surface area contributed by atoms with Crippen LogP contribution in [0.3, 0.4) is 0 Å². The van der Waals surface area contributed by atoms with Gasteiger partial charge in [-0.3, -0.25) is 9.59 Å². The van der Waals surface area contributed by atoms with Gasteiger partial charge in [0.25, 0.3) is 0 Å². The number of hydrogen-bond donors (Lipinski definition) is 1. The number of aromatic nitrogens is 1. The fourth-order valence-corrected chi connectivity index (χ4v) is 3.94. The molecule has 6 heteroatoms. The molecule has 1 aromatic carbocycles. The minimum atomic E-state index is -1.31. The first-order chi connectivity index (χ1) is 11.4. The van der Waals surface area contributed by atoms with Crippen LogP contribution < -0.4 is 0 Å². The summed E-state index contributed by atoms with van der Waals surface area (Å²) in [5.41, 5.74) is 1.62. The molecule has 1 N–H and O–H groups in total. The van der Waals surface area contributed by atoms with Crippen molar-refractivity contribution < 1.29 is 19.1 Å². The Morgan fingerprint density at radius 2 is 1.92 bits per heavy atom. The summed E-state index contributed by atoms with van der Waals surface area (Å²) in [6.45, 7) is 2.09. The topological polar surface area (TPSA) is 68.4 Å². The van der Waals surface area contributed by atoms with Crippen molar-refractivity contribution in [1.29, 1.82) is 0 Å². The van der Waals surface area contributed by atoms with E-state index in [1.807, 2.05) is 18.2 Å². The molecule has 5 nitrogen and oxygen atoms in total. The molecule has 0 saturated carbocycles. The van der Waals surface area contributed by atoms with E-state index >= 15 is 0 Å². The number of esters is 2. The number of carbonyl (C=O) groups is 2. The zero-order valence-electron chi connectivity index (χ0n) is 13.9. The highest BCUT2D eigenvalue weighted by molar-refractivity contribution is 6.31. The Kier molecular flexibility index (Phi) is 4.30. The van der Waals surface area contributed by atoms with Gasteiger partial charge in [-0.2, -0.15) is 0 Å². The van der Waals surface area contributed by atoms with Crippen LogP contribution in [0.1, 0.15) is 36.9 Å². The van der Waals surface area contributed by atoms with Crippen LogP contribution in [0.2, 0.25) is 5.02 Å². The molecular formula is C18H20ClNO4. The quantitative estimate of drug-likeness (QED) is 0.511. The lowest BCUT2D eigenvalue weighted by Crippen LogP contribution is -2.43. The zero-order chi connectivity index (χ0) is 17.5. The average Bonchev–Trinajstić information content (AvgIpc) is 2.85. The molecule has 3 rings (SSSR count). The lowest BCUT2D eigenvalue weighted by Gasteiger charge is -2.26. The van der Waals surface area contributed by atoms with Gasteiger partial charge in [0, 0.05) is 28.0 Å². The molecule has 0 fully saturated rings. The van der Waals surface area contributed by atoms with Gasteiger partial charge in [0.1, 0.15) is 0 Å². The fraction of sp³-hybridized carbons (Fsp3) is 0.444. The Morgan fingerprint density at radius 1 is 1.25 bits per heavy atom. The van der Waals surface area contributed by atoms with E-state index in [1.54, 1.807) is 0 Å². The molecule has 128 valence electrons. The number of halogens is 1. The monoisotopic (exact) mass is 349 g/mol. The van der Waals surface area contributed by atoms with E-state index in [4.69, 9.17) is 21.1 Å². The second kappa shape index (κ2) is 6.13. The first-order valence-corrected chi connectivity index (χ1v) is 8.27. The SMILES string of the molecule is COC(=O)C1(C(=O)OC)CCC(C)c2c([nH]c3ccc(Cl)cc23)C1. The van der Waals surface area contributed by atoms with Crippen molar-refractivity contribution in [2.24, 2.45) is 5.41 Å². The number of nitrogens with one attached hydrogen (secondary N) is 1. The normalized spacial score (nSPS) is 19.4. The van der Waals surface area contributed by atoms with E-state index in [0.717, 1.165) is 22.2 Å². The Hall–Kier alpha value is -2.01. The van der Waals surface area contributed by atoms with Crippen LogP contribution in [0.4, 0.5) is 0 Å². The predicted octanol–water partition coefficient (Wildman–Crippen LogP) is 3.59. The van der Waals surface area contributed by atoms with Crippen molar-refractivity contribution in [1.82, 2.24) is 4.98 Å². The molecule has 0 bridgehead atoms. The van der Waals surface area contributed by atoms with Crippen LogP contribution >= 0.6 is 11.6 Å². The van der Waals surface area contributed by atoms with Gasteiger partial charge in [0.15, 0.2) is 5.41 Å². The van der Waals surface area contributed by atoms with Gasteiger partial charge < -0.3 is 14.5 Å². The summed E-state index contributed by atoms with van der Waals surface area (Å²) < 4.78 is 9.88. The molecule has 0 amide bonds. The number of aromatic amines is 1. The minimum Gasteiger partial charge on any atom is -0.468 e. The van der Waals surface area contributed by atoms with Crippen LogP contribution in [-0.4, -0.2) is 31.1 Å². The van der Waals surface area contributed by atoms with E-state index in [0.29, 0.717) is 17.9 Å². The first-order valence-electron chi connectivity index (χ1n) is 7.89. The maximum Gasteiger partial charge on any atom is 0.323 e. The Morgan fingerprint density at radius 3 is 2.54 bits per heavy atom. The summed E-state index contributed by atoms with van der Waals surface area (Å²) in [6, 6.07) is 5.65. The number of rotatable bonds is 2. The number of fused-ring (bicyclic) bond motifs is 3. The second-order valence-electron chi connectivity index (χ2n) is 6.39. The van der Waals surface area contributed by atoms with Gasteiger partial charge >= 0.3 is 11.9 Å². The lowest BCUT2D eigenvalue weighted by atomic mass is 9.79. The third-order valence-corrected chi connectivity index (χ3v) is 5.25. The number of hydrogen-bond acceptors (Lipinski definition) is 4. The van der Waals surface area contributed by atoms with Crippen molar-refractivity contribution >= 4 is 34.4 Å². The van der Waals surface area contributed by atoms with Crippen molar-refractivity contribution in [3.63, 3.8) is 0 Å². The Bertz CT molecular complexity index is 795. The van der Waals surface area contributed by atoms with Crippen LogP contribution in [0.5, 0.6) is 0 Å². The maximum atomic E-state index is 12.5. The molecule has 1 aliphatic rings. The molecule has 0 aliphatic heterocycles. The number of ether oxygens (including phenoxy) is 2. The lowest BCUT2D eigenvalue weighted by molar-refractivity contribution is -0.169. The Labute approximate surface area is 145 Å². The second-order valence-corrected chi connectivity index (χ2v) is 6.83. The molecule has 2 aromatic rings. The van der Waals surface area contributed by atoms with E-state index in [9.17, 15) is 9.59 Å². The fourth-order valence-electron chi connectivity index (χ4n) is 3.76. The summed E-state index contributed by atoms with van der Waals surface area (Å²) in [5.74, 6) is -0.916. The molecule has 0 spiro atoms. The molecule has 1 atom stereocenters. The van der Waals surface area contributed by atoms with Crippen molar-refractivity contribution in [3.05, 3.63) is 34.5 Å². The highest BCUT2D eigenvalue weighted by Gasteiger charge is 2.50. The summed E-state index contributed by atoms with van der Waals surface area (Å²) >= 11 is 6.15. The van der Waals surface area contributed by atoms with Crippen molar-refractivity contribution in [2.45, 2.75) is 32.1 Å². The van der Waals surface area contributed by atoms with Gasteiger partial charge in [0.2, 0.25) is 0 Å². The summed E-state index contributed by atoms with van der Waals surface area (Å²) in [4.78, 5) is 28.3. The third kappa shape index (κ3) is 2.47. The highest BCUT2D eigenvalue weighted by atomic mass is 35.5. The van der Waals surface area contributed by atoms with Crippen LogP contribution in [0, 0.1) is 5.41 Å². The molecule has 0 saturated heterocycles. The first kappa shape index (κ1) is 16.8. The summed E-state index contributed by atoms with van der Waals surface area (Å²) in [5, 5.41) is 1.70. The molecule has 1 aliphatic carbocycles. The smallest absolute Gasteiger partial charge is 0.323 e. The van der Waals surface area contributed by atoms with Gasteiger partial charge in [-0.1, -0.05) is 18.5 Å². The standard InChI is InChI=1S/C18H20ClNO4/c1-10-6-7-18(16(21)23-2,17(22)24-3)9-14-15(10)12-8-11(19)4-5-13(12)20-14/h4-5,8,10,20H,6-7,9H2,1-3H3. The van der Waals surface area contributed by atoms with Crippen LogP contribution in [0.15, 0.2) is 18.2 Å². The largest absolute Gasteiger partial charge is 0.468 e. The number of carbonyl (C=O) groups excluding carboxylic acids is 2. The van der Waals surface area contributed by atoms with E-state index in [-0.39, 0.29) is 12.3 Å². The Balaban J connectivity index is 2.19. The molecule has 1 unspecified atom stereocenters. The van der Waals surface area contributed by atoms with Gasteiger partial charge in [-0.15, -0.1) is 0 Å². The maximum absolute atomic E-state index is 12.5. The van der Waals surface area contributed by atoms with Gasteiger partial charge in [-0.05, 0) is 42.5 Å². The van der Waals surface area contributed by atoms with E-state index < -0.39 is 17.4 Å².